The molecule has 6 heteroatoms. The molecule has 0 aliphatic heterocycles. The summed E-state index contributed by atoms with van der Waals surface area (Å²) >= 11 is 0. The third kappa shape index (κ3) is 5.31. The fraction of sp³-hybridized carbons (Fsp3) is 0.300. The van der Waals surface area contributed by atoms with E-state index in [1.807, 2.05) is 30.3 Å². The van der Waals surface area contributed by atoms with E-state index < -0.39 is 0 Å². The van der Waals surface area contributed by atoms with E-state index in [9.17, 15) is 9.18 Å². The Hall–Kier alpha value is -2.89. The lowest BCUT2D eigenvalue weighted by Crippen LogP contribution is -2.36. The summed E-state index contributed by atoms with van der Waals surface area (Å²) in [5, 5.41) is 6.36. The Morgan fingerprint density at radius 3 is 2.15 bits per heavy atom. The fourth-order valence-electron chi connectivity index (χ4n) is 2.36. The number of carbonyl (C=O) groups is 1. The summed E-state index contributed by atoms with van der Waals surface area (Å²) in [5.41, 5.74) is 3.17. The molecule has 138 valence electrons. The molecule has 0 saturated heterocycles. The first-order valence-electron chi connectivity index (χ1n) is 8.41. The topological polar surface area (TPSA) is 56.7 Å². The first-order chi connectivity index (χ1) is 12.4. The van der Waals surface area contributed by atoms with Gasteiger partial charge >= 0.3 is 0 Å². The number of hydrogen-bond acceptors (Lipinski definition) is 2. The zero-order valence-electron chi connectivity index (χ0n) is 15.6. The number of benzene rings is 2. The second-order valence-electron chi connectivity index (χ2n) is 6.26. The molecule has 2 aromatic carbocycles. The fourth-order valence-corrected chi connectivity index (χ4v) is 2.36. The molecule has 26 heavy (non-hydrogen) atoms. The van der Waals surface area contributed by atoms with E-state index in [4.69, 9.17) is 0 Å². The van der Waals surface area contributed by atoms with Gasteiger partial charge in [0.15, 0.2) is 5.96 Å². The molecule has 0 bridgehead atoms. The second-order valence-corrected chi connectivity index (χ2v) is 6.26. The summed E-state index contributed by atoms with van der Waals surface area (Å²) in [4.78, 5) is 17.6. The maximum atomic E-state index is 13.6. The molecular weight excluding hydrogens is 331 g/mol. The molecule has 1 amide bonds. The van der Waals surface area contributed by atoms with E-state index in [0.717, 1.165) is 11.1 Å². The van der Waals surface area contributed by atoms with Crippen molar-refractivity contribution in [1.82, 2.24) is 15.5 Å². The van der Waals surface area contributed by atoms with Crippen molar-refractivity contribution in [3.05, 3.63) is 70.5 Å². The quantitative estimate of drug-likeness (QED) is 0.640. The van der Waals surface area contributed by atoms with Crippen LogP contribution in [0, 0.1) is 12.7 Å². The summed E-state index contributed by atoms with van der Waals surface area (Å²) in [7, 11) is 5.14. The third-order valence-corrected chi connectivity index (χ3v) is 3.99. The van der Waals surface area contributed by atoms with Gasteiger partial charge in [0.2, 0.25) is 0 Å². The van der Waals surface area contributed by atoms with Crippen LogP contribution in [-0.2, 0) is 13.1 Å². The van der Waals surface area contributed by atoms with Crippen LogP contribution in [0.25, 0.3) is 0 Å². The Morgan fingerprint density at radius 2 is 1.62 bits per heavy atom. The molecule has 2 rings (SSSR count). The van der Waals surface area contributed by atoms with Crippen molar-refractivity contribution in [2.24, 2.45) is 4.99 Å². The van der Waals surface area contributed by atoms with Gasteiger partial charge in [-0.2, -0.15) is 0 Å². The van der Waals surface area contributed by atoms with Crippen molar-refractivity contribution in [3.63, 3.8) is 0 Å². The normalized spacial score (nSPS) is 11.2. The zero-order chi connectivity index (χ0) is 19.1. The standard InChI is InChI=1S/C20H25FN4O/c1-14-5-6-16(11-18(14)21)13-24-20(22-2)23-12-15-7-9-17(10-8-15)19(26)25(3)4/h5-11H,12-13H2,1-4H3,(H2,22,23,24). The summed E-state index contributed by atoms with van der Waals surface area (Å²) < 4.78 is 13.6. The maximum Gasteiger partial charge on any atom is 0.253 e. The van der Waals surface area contributed by atoms with Crippen LogP contribution in [0.5, 0.6) is 0 Å². The van der Waals surface area contributed by atoms with Crippen LogP contribution in [0.3, 0.4) is 0 Å². The monoisotopic (exact) mass is 356 g/mol. The number of carbonyl (C=O) groups excluding carboxylic acids is 1. The largest absolute Gasteiger partial charge is 0.352 e. The van der Waals surface area contributed by atoms with Crippen molar-refractivity contribution in [3.8, 4) is 0 Å². The van der Waals surface area contributed by atoms with Gasteiger partial charge in [-0.1, -0.05) is 24.3 Å². The lowest BCUT2D eigenvalue weighted by atomic mass is 10.1. The minimum Gasteiger partial charge on any atom is -0.352 e. The first kappa shape index (κ1) is 19.4. The van der Waals surface area contributed by atoms with E-state index in [1.165, 1.54) is 6.07 Å². The molecule has 0 radical (unpaired) electrons. The van der Waals surface area contributed by atoms with E-state index in [1.54, 1.807) is 39.0 Å². The van der Waals surface area contributed by atoms with Gasteiger partial charge in [0, 0.05) is 39.8 Å². The van der Waals surface area contributed by atoms with Crippen LogP contribution in [0.1, 0.15) is 27.0 Å². The zero-order valence-corrected chi connectivity index (χ0v) is 15.6. The summed E-state index contributed by atoms with van der Waals surface area (Å²) in [5.74, 6) is 0.395. The van der Waals surface area contributed by atoms with Crippen LogP contribution >= 0.6 is 0 Å². The molecule has 5 nitrogen and oxygen atoms in total. The van der Waals surface area contributed by atoms with Crippen molar-refractivity contribution < 1.29 is 9.18 Å². The molecule has 2 N–H and O–H groups in total. The van der Waals surface area contributed by atoms with E-state index in [-0.39, 0.29) is 11.7 Å². The summed E-state index contributed by atoms with van der Waals surface area (Å²) in [6.07, 6.45) is 0. The average molecular weight is 356 g/mol. The molecule has 0 aliphatic carbocycles. The number of halogens is 1. The predicted molar refractivity (Wildman–Crippen MR) is 103 cm³/mol. The highest BCUT2D eigenvalue weighted by Gasteiger charge is 2.07. The number of hydrogen-bond donors (Lipinski definition) is 2. The minimum absolute atomic E-state index is 0.0210. The number of nitrogens with zero attached hydrogens (tertiary/aromatic N) is 2. The molecule has 0 aromatic heterocycles. The van der Waals surface area contributed by atoms with Gasteiger partial charge in [0.25, 0.3) is 5.91 Å². The van der Waals surface area contributed by atoms with Crippen molar-refractivity contribution in [2.75, 3.05) is 21.1 Å². The second kappa shape index (κ2) is 8.99. The first-order valence-corrected chi connectivity index (χ1v) is 8.41. The van der Waals surface area contributed by atoms with Crippen molar-refractivity contribution in [1.29, 1.82) is 0 Å². The van der Waals surface area contributed by atoms with Gasteiger partial charge in [-0.05, 0) is 41.8 Å². The number of nitrogens with one attached hydrogen (secondary N) is 2. The lowest BCUT2D eigenvalue weighted by Gasteiger charge is -2.13. The van der Waals surface area contributed by atoms with Gasteiger partial charge in [-0.3, -0.25) is 9.79 Å². The van der Waals surface area contributed by atoms with Crippen LogP contribution in [-0.4, -0.2) is 37.9 Å². The number of aliphatic imine (C=N–C) groups is 1. The number of rotatable bonds is 5. The molecule has 0 unspecified atom stereocenters. The Kier molecular flexibility index (Phi) is 6.72. The highest BCUT2D eigenvalue weighted by atomic mass is 19.1. The van der Waals surface area contributed by atoms with Gasteiger partial charge in [0.05, 0.1) is 0 Å². The molecule has 2 aromatic rings. The Labute approximate surface area is 153 Å². The molecular formula is C20H25FN4O. The smallest absolute Gasteiger partial charge is 0.253 e. The van der Waals surface area contributed by atoms with Crippen LogP contribution in [0.15, 0.2) is 47.5 Å². The Morgan fingerprint density at radius 1 is 1.04 bits per heavy atom. The Bertz CT molecular complexity index is 785. The van der Waals surface area contributed by atoms with Crippen molar-refractivity contribution in [2.45, 2.75) is 20.0 Å². The molecule has 0 aliphatic rings. The van der Waals surface area contributed by atoms with E-state index >= 15 is 0 Å². The minimum atomic E-state index is -0.209. The SMILES string of the molecule is CN=C(NCc1ccc(C(=O)N(C)C)cc1)NCc1ccc(C)c(F)c1. The number of guanidine groups is 1. The number of amides is 1. The Balaban J connectivity index is 1.88. The molecule has 0 fully saturated rings. The number of aryl methyl sites for hydroxylation is 1. The molecule has 0 heterocycles. The van der Waals surface area contributed by atoms with Crippen LogP contribution in [0.2, 0.25) is 0 Å². The highest BCUT2D eigenvalue weighted by Crippen LogP contribution is 2.09. The summed E-state index contributed by atoms with van der Waals surface area (Å²) in [6.45, 7) is 2.79. The van der Waals surface area contributed by atoms with Gasteiger partial charge in [0.1, 0.15) is 5.82 Å². The van der Waals surface area contributed by atoms with E-state index in [0.29, 0.717) is 30.2 Å². The van der Waals surface area contributed by atoms with Gasteiger partial charge < -0.3 is 15.5 Å². The third-order valence-electron chi connectivity index (χ3n) is 3.99. The molecule has 0 saturated carbocycles. The van der Waals surface area contributed by atoms with Crippen molar-refractivity contribution >= 4 is 11.9 Å². The van der Waals surface area contributed by atoms with Gasteiger partial charge in [-0.25, -0.2) is 4.39 Å². The summed E-state index contributed by atoms with van der Waals surface area (Å²) in [6, 6.07) is 12.6. The lowest BCUT2D eigenvalue weighted by molar-refractivity contribution is 0.0827. The van der Waals surface area contributed by atoms with Gasteiger partial charge in [-0.15, -0.1) is 0 Å². The van der Waals surface area contributed by atoms with Crippen LogP contribution < -0.4 is 10.6 Å². The predicted octanol–water partition coefficient (Wildman–Crippen LogP) is 2.70. The average Bonchev–Trinajstić information content (AvgIpc) is 2.64. The van der Waals surface area contributed by atoms with E-state index in [2.05, 4.69) is 15.6 Å². The molecule has 0 atom stereocenters. The van der Waals surface area contributed by atoms with Crippen LogP contribution in [0.4, 0.5) is 4.39 Å². The molecule has 0 spiro atoms. The maximum absolute atomic E-state index is 13.6. The highest BCUT2D eigenvalue weighted by molar-refractivity contribution is 5.93.